The lowest BCUT2D eigenvalue weighted by Crippen LogP contribution is -2.65. The monoisotopic (exact) mass is 555 g/mol. The lowest BCUT2D eigenvalue weighted by Gasteiger charge is -2.50. The molecule has 0 saturated heterocycles. The van der Waals surface area contributed by atoms with Gasteiger partial charge in [-0.3, -0.25) is 24.1 Å². The van der Waals surface area contributed by atoms with Crippen molar-refractivity contribution in [1.82, 2.24) is 9.80 Å². The number of benzene rings is 1. The van der Waals surface area contributed by atoms with Crippen LogP contribution in [0.25, 0.3) is 5.76 Å². The maximum absolute atomic E-state index is 14.0. The third-order valence-corrected chi connectivity index (χ3v) is 8.44. The summed E-state index contributed by atoms with van der Waals surface area (Å²) in [6.07, 6.45) is 1.23. The molecular formula is C29H37N3O8. The number of phenols is 1. The predicted molar refractivity (Wildman–Crippen MR) is 146 cm³/mol. The molecule has 11 heteroatoms. The Balaban J connectivity index is 1.87. The lowest BCUT2D eigenvalue weighted by molar-refractivity contribution is -0.153. The molecule has 3 aliphatic carbocycles. The van der Waals surface area contributed by atoms with E-state index in [0.29, 0.717) is 17.5 Å². The van der Waals surface area contributed by atoms with Gasteiger partial charge in [0, 0.05) is 17.9 Å². The molecule has 4 atom stereocenters. The van der Waals surface area contributed by atoms with Crippen molar-refractivity contribution in [3.8, 4) is 5.75 Å². The van der Waals surface area contributed by atoms with E-state index in [4.69, 9.17) is 5.73 Å². The van der Waals surface area contributed by atoms with E-state index >= 15 is 0 Å². The predicted octanol–water partition coefficient (Wildman–Crippen LogP) is 0.590. The molecule has 40 heavy (non-hydrogen) atoms. The number of likely N-dealkylation sites (N-methyl/N-ethyl adjacent to an activating group) is 2. The first-order valence-electron chi connectivity index (χ1n) is 13.3. The average molecular weight is 556 g/mol. The van der Waals surface area contributed by atoms with Crippen LogP contribution in [0.1, 0.15) is 42.0 Å². The molecule has 11 nitrogen and oxygen atoms in total. The Labute approximate surface area is 232 Å². The number of hydrogen-bond acceptors (Lipinski definition) is 10. The van der Waals surface area contributed by atoms with E-state index in [1.54, 1.807) is 33.1 Å². The Kier molecular flexibility index (Phi) is 7.70. The van der Waals surface area contributed by atoms with E-state index in [1.807, 2.05) is 13.0 Å². The number of aliphatic hydroxyl groups excluding tert-OH is 2. The third kappa shape index (κ3) is 4.42. The minimum absolute atomic E-state index is 0.0201. The zero-order valence-electron chi connectivity index (χ0n) is 23.4. The number of carbonyl (C=O) groups excluding carboxylic acids is 4. The van der Waals surface area contributed by atoms with Crippen LogP contribution in [-0.4, -0.2) is 99.9 Å². The van der Waals surface area contributed by atoms with E-state index in [-0.39, 0.29) is 54.9 Å². The minimum Gasteiger partial charge on any atom is -0.508 e. The number of nitrogens with two attached hydrogens (primary N) is 1. The first-order valence-corrected chi connectivity index (χ1v) is 13.3. The number of Topliss-reactive ketones (excluding diaryl/α,β-unsaturated/α-hetero) is 3. The zero-order chi connectivity index (χ0) is 29.8. The fraction of sp³-hybridized carbons (Fsp3) is 0.517. The number of rotatable bonds is 8. The highest BCUT2D eigenvalue weighted by molar-refractivity contribution is 6.24. The van der Waals surface area contributed by atoms with Gasteiger partial charge in [0.1, 0.15) is 28.6 Å². The number of aliphatic hydroxyl groups is 3. The van der Waals surface area contributed by atoms with Crippen molar-refractivity contribution in [2.24, 2.45) is 17.6 Å². The highest BCUT2D eigenvalue weighted by atomic mass is 16.3. The molecule has 1 amide bonds. The molecular weight excluding hydrogens is 518 g/mol. The van der Waals surface area contributed by atoms with Crippen molar-refractivity contribution in [1.29, 1.82) is 0 Å². The summed E-state index contributed by atoms with van der Waals surface area (Å²) >= 11 is 0. The molecule has 1 aromatic rings. The summed E-state index contributed by atoms with van der Waals surface area (Å²) in [4.78, 5) is 54.8. The van der Waals surface area contributed by atoms with E-state index in [1.165, 1.54) is 4.90 Å². The maximum Gasteiger partial charge on any atom is 0.255 e. The highest BCUT2D eigenvalue weighted by Gasteiger charge is 2.64. The first-order chi connectivity index (χ1) is 18.7. The average Bonchev–Trinajstić information content (AvgIpc) is 2.85. The van der Waals surface area contributed by atoms with Gasteiger partial charge in [0.2, 0.25) is 5.78 Å². The van der Waals surface area contributed by atoms with Gasteiger partial charge in [-0.05, 0) is 76.5 Å². The summed E-state index contributed by atoms with van der Waals surface area (Å²) < 4.78 is 0. The van der Waals surface area contributed by atoms with Crippen LogP contribution in [0.2, 0.25) is 0 Å². The van der Waals surface area contributed by atoms with E-state index in [9.17, 15) is 39.6 Å². The molecule has 0 bridgehead atoms. The van der Waals surface area contributed by atoms with Gasteiger partial charge < -0.3 is 31.1 Å². The van der Waals surface area contributed by atoms with Crippen LogP contribution < -0.4 is 5.73 Å². The maximum atomic E-state index is 14.0. The Bertz CT molecular complexity index is 1380. The Morgan fingerprint density at radius 3 is 2.30 bits per heavy atom. The van der Waals surface area contributed by atoms with Crippen molar-refractivity contribution in [3.63, 3.8) is 0 Å². The second kappa shape index (κ2) is 10.5. The molecule has 3 aliphatic rings. The van der Waals surface area contributed by atoms with Gasteiger partial charge in [-0.1, -0.05) is 13.0 Å². The highest BCUT2D eigenvalue weighted by Crippen LogP contribution is 2.53. The molecule has 4 rings (SSSR count). The molecule has 0 spiro atoms. The van der Waals surface area contributed by atoms with Gasteiger partial charge in [0.05, 0.1) is 18.2 Å². The normalized spacial score (nSPS) is 26.2. The van der Waals surface area contributed by atoms with Gasteiger partial charge >= 0.3 is 0 Å². The standard InChI is InChI=1S/C29H37N3O8/c1-6-13-9-14(7-8-16(33)12-31(2)3)23(34)20-17(13)10-15-11-18-22(32(4)5)25(36)21(28(30)39)27(38)29(18,40)26(37)19(15)24(20)35/h9,15,18,22,34-35,38,40H,6-8,10-12H2,1-5H3,(H2,30,39)/t15-,18-,22+,29-/m0/s1. The van der Waals surface area contributed by atoms with Crippen LogP contribution in [0.5, 0.6) is 5.75 Å². The van der Waals surface area contributed by atoms with Crippen molar-refractivity contribution in [3.05, 3.63) is 45.2 Å². The molecule has 1 aromatic carbocycles. The summed E-state index contributed by atoms with van der Waals surface area (Å²) in [6.45, 7) is 2.17. The number of primary amides is 1. The van der Waals surface area contributed by atoms with E-state index in [2.05, 4.69) is 0 Å². The SMILES string of the molecule is CCc1cc(CCC(=O)CN(C)C)c(O)c2c1C[C@H]1C[C@H]3[C@@H](N(C)C)C(=O)C(C(N)=O)=C(O)[C@@]3(O)C(=O)C1=C2O. The molecule has 0 heterocycles. The van der Waals surface area contributed by atoms with Crippen LogP contribution in [0.4, 0.5) is 0 Å². The van der Waals surface area contributed by atoms with Gasteiger partial charge in [-0.15, -0.1) is 0 Å². The van der Waals surface area contributed by atoms with Crippen molar-refractivity contribution in [2.45, 2.75) is 50.7 Å². The molecule has 0 radical (unpaired) electrons. The number of aryl methyl sites for hydroxylation is 2. The Morgan fingerprint density at radius 2 is 1.75 bits per heavy atom. The van der Waals surface area contributed by atoms with Crippen LogP contribution in [0, 0.1) is 11.8 Å². The fourth-order valence-corrected chi connectivity index (χ4v) is 6.66. The lowest BCUT2D eigenvalue weighted by atomic mass is 9.57. The van der Waals surface area contributed by atoms with Crippen LogP contribution in [0.15, 0.2) is 23.0 Å². The van der Waals surface area contributed by atoms with Crippen molar-refractivity contribution >= 4 is 29.0 Å². The number of phenolic OH excluding ortho intramolecular Hbond substituents is 1. The zero-order valence-corrected chi connectivity index (χ0v) is 23.4. The van der Waals surface area contributed by atoms with Crippen LogP contribution in [0.3, 0.4) is 0 Å². The number of carbonyl (C=O) groups is 4. The second-order valence-electron chi connectivity index (χ2n) is 11.5. The first kappa shape index (κ1) is 29.4. The quantitative estimate of drug-likeness (QED) is 0.285. The number of aromatic hydroxyl groups is 1. The second-order valence-corrected chi connectivity index (χ2v) is 11.5. The summed E-state index contributed by atoms with van der Waals surface area (Å²) in [5.41, 5.74) is 3.65. The summed E-state index contributed by atoms with van der Waals surface area (Å²) in [5.74, 6) is -6.76. The van der Waals surface area contributed by atoms with E-state index in [0.717, 1.165) is 5.56 Å². The molecule has 1 saturated carbocycles. The van der Waals surface area contributed by atoms with Gasteiger partial charge in [-0.25, -0.2) is 0 Å². The summed E-state index contributed by atoms with van der Waals surface area (Å²) in [5, 5.41) is 45.4. The summed E-state index contributed by atoms with van der Waals surface area (Å²) in [7, 11) is 6.69. The van der Waals surface area contributed by atoms with Crippen LogP contribution in [-0.2, 0) is 38.4 Å². The molecule has 0 aromatic heterocycles. The molecule has 0 unspecified atom stereocenters. The topological polar surface area (TPSA) is 182 Å². The molecule has 0 aliphatic heterocycles. The molecule has 6 N–H and O–H groups in total. The number of nitrogens with zero attached hydrogens (tertiary/aromatic N) is 2. The number of ketones is 3. The van der Waals surface area contributed by atoms with Crippen molar-refractivity contribution < 1.29 is 39.6 Å². The number of fused-ring (bicyclic) bond motifs is 3. The molecule has 1 fully saturated rings. The number of amides is 1. The third-order valence-electron chi connectivity index (χ3n) is 8.44. The largest absolute Gasteiger partial charge is 0.508 e. The Morgan fingerprint density at radius 1 is 1.10 bits per heavy atom. The van der Waals surface area contributed by atoms with Crippen LogP contribution >= 0.6 is 0 Å². The smallest absolute Gasteiger partial charge is 0.255 e. The minimum atomic E-state index is -2.68. The fourth-order valence-electron chi connectivity index (χ4n) is 6.66. The Hall–Kier alpha value is -3.54. The molecule has 216 valence electrons. The van der Waals surface area contributed by atoms with E-state index < -0.39 is 58.0 Å². The van der Waals surface area contributed by atoms with Gasteiger partial charge in [0.25, 0.3) is 5.91 Å². The van der Waals surface area contributed by atoms with Gasteiger partial charge in [-0.2, -0.15) is 0 Å². The number of hydrogen-bond donors (Lipinski definition) is 5. The van der Waals surface area contributed by atoms with Gasteiger partial charge in [0.15, 0.2) is 11.4 Å². The summed E-state index contributed by atoms with van der Waals surface area (Å²) in [6, 6.07) is 0.690. The van der Waals surface area contributed by atoms with Crippen molar-refractivity contribution in [2.75, 3.05) is 34.7 Å².